The van der Waals surface area contributed by atoms with Crippen molar-refractivity contribution < 1.29 is 9.90 Å². The van der Waals surface area contributed by atoms with Crippen LogP contribution in [0.3, 0.4) is 0 Å². The number of hydrogen-bond acceptors (Lipinski definition) is 3. The molecule has 0 aliphatic heterocycles. The maximum absolute atomic E-state index is 11.0. The normalized spacial score (nSPS) is 10.0. The van der Waals surface area contributed by atoms with Crippen molar-refractivity contribution in [2.75, 3.05) is 0 Å². The molecule has 0 aliphatic carbocycles. The third-order valence-corrected chi connectivity index (χ3v) is 3.33. The predicted molar refractivity (Wildman–Crippen MR) is 83.7 cm³/mol. The van der Waals surface area contributed by atoms with Crippen LogP contribution < -0.4 is 0 Å². The topological polar surface area (TPSA) is 63.1 Å². The van der Waals surface area contributed by atoms with Gasteiger partial charge in [0.1, 0.15) is 0 Å². The number of rotatable bonds is 1. The van der Waals surface area contributed by atoms with Crippen molar-refractivity contribution in [3.8, 4) is 11.8 Å². The maximum Gasteiger partial charge on any atom is 0.335 e. The Labute approximate surface area is 127 Å². The van der Waals surface area contributed by atoms with E-state index in [4.69, 9.17) is 5.11 Å². The number of aromatic carboxylic acids is 1. The average molecular weight is 288 g/mol. The summed E-state index contributed by atoms with van der Waals surface area (Å²) in [5.41, 5.74) is 3.35. The van der Waals surface area contributed by atoms with E-state index in [-0.39, 0.29) is 5.56 Å². The van der Waals surface area contributed by atoms with Crippen LogP contribution >= 0.6 is 0 Å². The van der Waals surface area contributed by atoms with Crippen LogP contribution in [0.1, 0.15) is 27.0 Å². The molecular formula is C18H12N2O2. The summed E-state index contributed by atoms with van der Waals surface area (Å²) in [6, 6.07) is 8.69. The number of nitrogens with zero attached hydrogens (tertiary/aromatic N) is 2. The summed E-state index contributed by atoms with van der Waals surface area (Å²) in [5.74, 6) is 5.10. The van der Waals surface area contributed by atoms with E-state index >= 15 is 0 Å². The van der Waals surface area contributed by atoms with Gasteiger partial charge in [0.25, 0.3) is 0 Å². The second-order valence-electron chi connectivity index (χ2n) is 4.85. The second-order valence-corrected chi connectivity index (χ2v) is 4.85. The fourth-order valence-electron chi connectivity index (χ4n) is 2.12. The molecule has 3 rings (SSSR count). The lowest BCUT2D eigenvalue weighted by Crippen LogP contribution is -1.97. The fourth-order valence-corrected chi connectivity index (χ4v) is 2.12. The van der Waals surface area contributed by atoms with Gasteiger partial charge < -0.3 is 5.11 Å². The van der Waals surface area contributed by atoms with Crippen LogP contribution in [0, 0.1) is 18.8 Å². The molecule has 0 unspecified atom stereocenters. The average Bonchev–Trinajstić information content (AvgIpc) is 2.54. The molecule has 4 nitrogen and oxygen atoms in total. The number of aromatic nitrogens is 2. The highest BCUT2D eigenvalue weighted by atomic mass is 16.4. The van der Waals surface area contributed by atoms with Gasteiger partial charge in [-0.15, -0.1) is 0 Å². The first-order chi connectivity index (χ1) is 10.6. The number of carboxylic acid groups (broad SMARTS) is 1. The predicted octanol–water partition coefficient (Wildman–Crippen LogP) is 3.04. The Morgan fingerprint density at radius 3 is 2.77 bits per heavy atom. The second kappa shape index (κ2) is 5.66. The van der Waals surface area contributed by atoms with Crippen molar-refractivity contribution in [2.45, 2.75) is 6.92 Å². The first-order valence-corrected chi connectivity index (χ1v) is 6.70. The van der Waals surface area contributed by atoms with Crippen LogP contribution in [0.2, 0.25) is 0 Å². The van der Waals surface area contributed by atoms with Crippen molar-refractivity contribution in [2.24, 2.45) is 0 Å². The quantitative estimate of drug-likeness (QED) is 0.699. The third kappa shape index (κ3) is 2.65. The number of fused-ring (bicyclic) bond motifs is 1. The van der Waals surface area contributed by atoms with E-state index in [0.29, 0.717) is 5.56 Å². The van der Waals surface area contributed by atoms with Gasteiger partial charge in [-0.3, -0.25) is 9.97 Å². The van der Waals surface area contributed by atoms with Crippen LogP contribution in [-0.2, 0) is 0 Å². The van der Waals surface area contributed by atoms with Crippen molar-refractivity contribution in [1.82, 2.24) is 9.97 Å². The highest BCUT2D eigenvalue weighted by Crippen LogP contribution is 2.14. The number of carbonyl (C=O) groups is 1. The lowest BCUT2D eigenvalue weighted by atomic mass is 10.0. The Morgan fingerprint density at radius 1 is 1.14 bits per heavy atom. The summed E-state index contributed by atoms with van der Waals surface area (Å²) in [7, 11) is 0. The van der Waals surface area contributed by atoms with Gasteiger partial charge in [-0.25, -0.2) is 4.79 Å². The van der Waals surface area contributed by atoms with E-state index in [1.807, 2.05) is 19.1 Å². The molecule has 0 radical (unpaired) electrons. The molecular weight excluding hydrogens is 276 g/mol. The molecule has 0 bridgehead atoms. The molecule has 0 spiro atoms. The molecule has 0 amide bonds. The Kier molecular flexibility index (Phi) is 3.55. The third-order valence-electron chi connectivity index (χ3n) is 3.33. The van der Waals surface area contributed by atoms with Crippen LogP contribution in [0.5, 0.6) is 0 Å². The summed E-state index contributed by atoms with van der Waals surface area (Å²) in [6.07, 6.45) is 5.12. The van der Waals surface area contributed by atoms with Gasteiger partial charge in [-0.2, -0.15) is 0 Å². The molecule has 106 valence electrons. The Bertz CT molecular complexity index is 931. The summed E-state index contributed by atoms with van der Waals surface area (Å²) >= 11 is 0. The van der Waals surface area contributed by atoms with Gasteiger partial charge in [0.05, 0.1) is 16.6 Å². The van der Waals surface area contributed by atoms with Gasteiger partial charge in [-0.1, -0.05) is 17.9 Å². The lowest BCUT2D eigenvalue weighted by Gasteiger charge is -2.00. The first kappa shape index (κ1) is 13.8. The molecule has 3 aromatic rings. The zero-order valence-electron chi connectivity index (χ0n) is 11.9. The minimum absolute atomic E-state index is 0.226. The largest absolute Gasteiger partial charge is 0.478 e. The number of benzene rings is 1. The number of hydrogen-bond donors (Lipinski definition) is 1. The van der Waals surface area contributed by atoms with Crippen LogP contribution in [0.15, 0.2) is 48.9 Å². The molecule has 0 saturated carbocycles. The van der Waals surface area contributed by atoms with E-state index in [0.717, 1.165) is 22.0 Å². The molecule has 1 aromatic carbocycles. The van der Waals surface area contributed by atoms with Crippen LogP contribution in [-0.4, -0.2) is 21.0 Å². The first-order valence-electron chi connectivity index (χ1n) is 6.70. The SMILES string of the molecule is Cc1ccc(C(=O)O)cc1C#Cc1cncc2cccnc12. The van der Waals surface area contributed by atoms with Gasteiger partial charge in [0, 0.05) is 29.5 Å². The number of carboxylic acids is 1. The van der Waals surface area contributed by atoms with Crippen molar-refractivity contribution in [3.05, 3.63) is 71.2 Å². The molecule has 2 heterocycles. The molecule has 0 aliphatic rings. The van der Waals surface area contributed by atoms with E-state index in [1.165, 1.54) is 0 Å². The zero-order valence-corrected chi connectivity index (χ0v) is 11.9. The fraction of sp³-hybridized carbons (Fsp3) is 0.0556. The highest BCUT2D eigenvalue weighted by molar-refractivity contribution is 5.88. The zero-order chi connectivity index (χ0) is 15.5. The van der Waals surface area contributed by atoms with E-state index in [9.17, 15) is 4.79 Å². The monoisotopic (exact) mass is 288 g/mol. The summed E-state index contributed by atoms with van der Waals surface area (Å²) in [6.45, 7) is 1.90. The highest BCUT2D eigenvalue weighted by Gasteiger charge is 2.05. The van der Waals surface area contributed by atoms with Crippen LogP contribution in [0.25, 0.3) is 10.9 Å². The number of pyridine rings is 2. The van der Waals surface area contributed by atoms with Gasteiger partial charge >= 0.3 is 5.97 Å². The van der Waals surface area contributed by atoms with Crippen molar-refractivity contribution in [3.63, 3.8) is 0 Å². The molecule has 4 heteroatoms. The van der Waals surface area contributed by atoms with Gasteiger partial charge in [-0.05, 0) is 36.8 Å². The Hall–Kier alpha value is -3.19. The smallest absolute Gasteiger partial charge is 0.335 e. The summed E-state index contributed by atoms with van der Waals surface area (Å²) in [4.78, 5) is 19.5. The minimum Gasteiger partial charge on any atom is -0.478 e. The Balaban J connectivity index is 2.09. The summed E-state index contributed by atoms with van der Waals surface area (Å²) < 4.78 is 0. The van der Waals surface area contributed by atoms with E-state index in [2.05, 4.69) is 21.8 Å². The Morgan fingerprint density at radius 2 is 1.95 bits per heavy atom. The lowest BCUT2D eigenvalue weighted by molar-refractivity contribution is 0.0697. The minimum atomic E-state index is -0.962. The van der Waals surface area contributed by atoms with Crippen molar-refractivity contribution in [1.29, 1.82) is 0 Å². The standard InChI is InChI=1S/C18H12N2O2/c1-12-4-5-14(18(21)22)9-13(12)6-7-16-11-19-10-15-3-2-8-20-17(15)16/h2-5,8-11H,1H3,(H,21,22). The summed E-state index contributed by atoms with van der Waals surface area (Å²) in [5, 5.41) is 9.98. The molecule has 2 aromatic heterocycles. The van der Waals surface area contributed by atoms with E-state index < -0.39 is 5.97 Å². The molecule has 1 N–H and O–H groups in total. The number of aryl methyl sites for hydroxylation is 1. The maximum atomic E-state index is 11.0. The molecule has 0 fully saturated rings. The van der Waals surface area contributed by atoms with Gasteiger partial charge in [0.2, 0.25) is 0 Å². The van der Waals surface area contributed by atoms with Crippen molar-refractivity contribution >= 4 is 16.9 Å². The molecule has 0 saturated heterocycles. The van der Waals surface area contributed by atoms with Gasteiger partial charge in [0.15, 0.2) is 0 Å². The van der Waals surface area contributed by atoms with Crippen LogP contribution in [0.4, 0.5) is 0 Å². The molecule has 0 atom stereocenters. The molecule has 22 heavy (non-hydrogen) atoms. The van der Waals surface area contributed by atoms with E-state index in [1.54, 1.807) is 36.8 Å².